The van der Waals surface area contributed by atoms with Crippen LogP contribution in [0.3, 0.4) is 0 Å². The number of hydrogen-bond donors (Lipinski definition) is 2. The molecule has 0 saturated carbocycles. The number of thiazole rings is 1. The van der Waals surface area contributed by atoms with Gasteiger partial charge in [0.15, 0.2) is 0 Å². The van der Waals surface area contributed by atoms with Gasteiger partial charge in [0.1, 0.15) is 5.01 Å². The number of aryl methyl sites for hydroxylation is 1. The monoisotopic (exact) mass is 385 g/mol. The molecule has 1 aromatic heterocycles. The first kappa shape index (κ1) is 19.2. The van der Waals surface area contributed by atoms with Crippen molar-refractivity contribution in [3.8, 4) is 11.3 Å². The van der Waals surface area contributed by atoms with Crippen LogP contribution in [-0.2, 0) is 4.79 Å². The highest BCUT2D eigenvalue weighted by atomic mass is 35.5. The quantitative estimate of drug-likeness (QED) is 0.836. The smallest absolute Gasteiger partial charge is 0.224 e. The Kier molecular flexibility index (Phi) is 6.63. The van der Waals surface area contributed by atoms with Crippen LogP contribution in [0.25, 0.3) is 11.3 Å². The Labute approximate surface area is 157 Å². The second-order valence-electron chi connectivity index (χ2n) is 5.88. The number of rotatable bonds is 4. The number of nitrogens with zero attached hydrogens (tertiary/aromatic N) is 1. The Morgan fingerprint density at radius 2 is 2.12 bits per heavy atom. The Balaban J connectivity index is 0.00000208. The van der Waals surface area contributed by atoms with Crippen molar-refractivity contribution in [2.24, 2.45) is 5.92 Å². The van der Waals surface area contributed by atoms with Gasteiger partial charge in [-0.1, -0.05) is 23.7 Å². The predicted molar refractivity (Wildman–Crippen MR) is 102 cm³/mol. The third-order valence-corrected chi connectivity index (χ3v) is 5.50. The van der Waals surface area contributed by atoms with E-state index in [9.17, 15) is 4.79 Å². The maximum absolute atomic E-state index is 12.2. The Bertz CT molecular complexity index is 696. The Morgan fingerprint density at radius 3 is 2.75 bits per heavy atom. The molecule has 1 aromatic carbocycles. The third kappa shape index (κ3) is 4.28. The maximum atomic E-state index is 12.2. The molecule has 2 heterocycles. The molecule has 1 aliphatic heterocycles. The number of amides is 1. The predicted octanol–water partition coefficient (Wildman–Crippen LogP) is 3.98. The molecule has 2 N–H and O–H groups in total. The van der Waals surface area contributed by atoms with Crippen molar-refractivity contribution in [3.63, 3.8) is 0 Å². The standard InChI is InChI=1S/C17H20ClN3OS.ClH/c1-10(20-16(22)13-7-8-19-9-13)17-21-15(11(2)23-17)12-3-5-14(18)6-4-12;/h3-6,10,13,19H,7-9H2,1-2H3,(H,20,22);1H. The van der Waals surface area contributed by atoms with E-state index in [0.717, 1.165) is 40.7 Å². The number of halogens is 2. The fraction of sp³-hybridized carbons (Fsp3) is 0.412. The minimum atomic E-state index is -0.0761. The van der Waals surface area contributed by atoms with E-state index in [1.54, 1.807) is 11.3 Å². The largest absolute Gasteiger partial charge is 0.347 e. The van der Waals surface area contributed by atoms with Gasteiger partial charge in [0.05, 0.1) is 17.7 Å². The Morgan fingerprint density at radius 1 is 1.42 bits per heavy atom. The van der Waals surface area contributed by atoms with Gasteiger partial charge < -0.3 is 10.6 Å². The van der Waals surface area contributed by atoms with Gasteiger partial charge >= 0.3 is 0 Å². The second-order valence-corrected chi connectivity index (χ2v) is 7.55. The first-order valence-corrected chi connectivity index (χ1v) is 8.98. The molecule has 7 heteroatoms. The van der Waals surface area contributed by atoms with Crippen molar-refractivity contribution >= 4 is 41.3 Å². The lowest BCUT2D eigenvalue weighted by Gasteiger charge is -2.14. The zero-order chi connectivity index (χ0) is 16.4. The van der Waals surface area contributed by atoms with Crippen LogP contribution in [-0.4, -0.2) is 24.0 Å². The van der Waals surface area contributed by atoms with E-state index in [1.807, 2.05) is 31.2 Å². The lowest BCUT2D eigenvalue weighted by molar-refractivity contribution is -0.125. The second kappa shape index (κ2) is 8.30. The molecule has 1 amide bonds. The fourth-order valence-electron chi connectivity index (χ4n) is 2.75. The molecule has 24 heavy (non-hydrogen) atoms. The van der Waals surface area contributed by atoms with E-state index in [1.165, 1.54) is 0 Å². The lowest BCUT2D eigenvalue weighted by atomic mass is 10.1. The van der Waals surface area contributed by atoms with E-state index < -0.39 is 0 Å². The van der Waals surface area contributed by atoms with Crippen molar-refractivity contribution in [2.45, 2.75) is 26.3 Å². The number of carbonyl (C=O) groups is 1. The van der Waals surface area contributed by atoms with Gasteiger partial charge in [-0.3, -0.25) is 4.79 Å². The maximum Gasteiger partial charge on any atom is 0.224 e. The third-order valence-electron chi connectivity index (χ3n) is 4.09. The van der Waals surface area contributed by atoms with Crippen LogP contribution in [0.4, 0.5) is 0 Å². The molecular weight excluding hydrogens is 365 g/mol. The summed E-state index contributed by atoms with van der Waals surface area (Å²) in [6.45, 7) is 5.74. The molecule has 3 rings (SSSR count). The molecule has 1 aliphatic rings. The molecule has 4 nitrogen and oxygen atoms in total. The van der Waals surface area contributed by atoms with Crippen LogP contribution in [0.1, 0.15) is 29.3 Å². The lowest BCUT2D eigenvalue weighted by Crippen LogP contribution is -2.33. The van der Waals surface area contributed by atoms with Crippen molar-refractivity contribution in [1.29, 1.82) is 0 Å². The van der Waals surface area contributed by atoms with E-state index in [0.29, 0.717) is 5.02 Å². The minimum absolute atomic E-state index is 0. The summed E-state index contributed by atoms with van der Waals surface area (Å²) in [4.78, 5) is 18.1. The molecule has 0 aliphatic carbocycles. The Hall–Kier alpha value is -1.14. The van der Waals surface area contributed by atoms with Crippen LogP contribution in [0.5, 0.6) is 0 Å². The molecule has 1 saturated heterocycles. The van der Waals surface area contributed by atoms with Crippen LogP contribution in [0, 0.1) is 12.8 Å². The van der Waals surface area contributed by atoms with Gasteiger partial charge in [-0.05, 0) is 38.9 Å². The average Bonchev–Trinajstić information content (AvgIpc) is 3.17. The van der Waals surface area contributed by atoms with Gasteiger partial charge in [-0.25, -0.2) is 4.98 Å². The fourth-order valence-corrected chi connectivity index (χ4v) is 3.82. The SMILES string of the molecule is Cc1sc(C(C)NC(=O)C2CCNC2)nc1-c1ccc(Cl)cc1.Cl. The summed E-state index contributed by atoms with van der Waals surface area (Å²) in [6, 6.07) is 7.61. The first-order valence-electron chi connectivity index (χ1n) is 7.79. The van der Waals surface area contributed by atoms with Crippen LogP contribution < -0.4 is 10.6 Å². The molecule has 0 bridgehead atoms. The summed E-state index contributed by atoms with van der Waals surface area (Å²) in [5.74, 6) is 0.192. The molecule has 2 atom stereocenters. The highest BCUT2D eigenvalue weighted by Crippen LogP contribution is 2.31. The van der Waals surface area contributed by atoms with Crippen molar-refractivity contribution in [2.75, 3.05) is 13.1 Å². The van der Waals surface area contributed by atoms with Crippen LogP contribution in [0.15, 0.2) is 24.3 Å². The zero-order valence-corrected chi connectivity index (χ0v) is 16.0. The summed E-state index contributed by atoms with van der Waals surface area (Å²) in [7, 11) is 0. The summed E-state index contributed by atoms with van der Waals surface area (Å²) >= 11 is 7.58. The highest BCUT2D eigenvalue weighted by molar-refractivity contribution is 7.12. The molecule has 0 radical (unpaired) electrons. The van der Waals surface area contributed by atoms with Gasteiger partial charge in [-0.15, -0.1) is 23.7 Å². The van der Waals surface area contributed by atoms with Gasteiger partial charge in [0.25, 0.3) is 0 Å². The normalized spacial score (nSPS) is 18.0. The number of nitrogens with one attached hydrogen (secondary N) is 2. The van der Waals surface area contributed by atoms with E-state index in [-0.39, 0.29) is 30.3 Å². The van der Waals surface area contributed by atoms with Crippen molar-refractivity contribution in [3.05, 3.63) is 39.2 Å². The molecule has 2 aromatic rings. The summed E-state index contributed by atoms with van der Waals surface area (Å²) in [6.07, 6.45) is 0.908. The zero-order valence-electron chi connectivity index (χ0n) is 13.6. The highest BCUT2D eigenvalue weighted by Gasteiger charge is 2.25. The van der Waals surface area contributed by atoms with E-state index in [4.69, 9.17) is 16.6 Å². The van der Waals surface area contributed by atoms with Gasteiger partial charge in [-0.2, -0.15) is 0 Å². The molecule has 2 unspecified atom stereocenters. The summed E-state index contributed by atoms with van der Waals surface area (Å²) in [5, 5.41) is 7.96. The average molecular weight is 386 g/mol. The van der Waals surface area contributed by atoms with Gasteiger partial charge in [0.2, 0.25) is 5.91 Å². The number of benzene rings is 1. The minimum Gasteiger partial charge on any atom is -0.347 e. The number of aromatic nitrogens is 1. The molecular formula is C17H21Cl2N3OS. The molecule has 0 spiro atoms. The molecule has 1 fully saturated rings. The van der Waals surface area contributed by atoms with Gasteiger partial charge in [0, 0.05) is 22.0 Å². The number of hydrogen-bond acceptors (Lipinski definition) is 4. The summed E-state index contributed by atoms with van der Waals surface area (Å²) < 4.78 is 0. The number of carbonyl (C=O) groups excluding carboxylic acids is 1. The van der Waals surface area contributed by atoms with E-state index >= 15 is 0 Å². The summed E-state index contributed by atoms with van der Waals surface area (Å²) in [5.41, 5.74) is 2.01. The molecule has 130 valence electrons. The topological polar surface area (TPSA) is 54.0 Å². The van der Waals surface area contributed by atoms with Crippen LogP contribution >= 0.6 is 35.3 Å². The van der Waals surface area contributed by atoms with Crippen molar-refractivity contribution < 1.29 is 4.79 Å². The first-order chi connectivity index (χ1) is 11.0. The van der Waals surface area contributed by atoms with E-state index in [2.05, 4.69) is 17.6 Å². The van der Waals surface area contributed by atoms with Crippen molar-refractivity contribution in [1.82, 2.24) is 15.6 Å². The van der Waals surface area contributed by atoms with Crippen LogP contribution in [0.2, 0.25) is 5.02 Å².